The SMILES string of the molecule is O=c1c2ccc(N3CCN(c4ncccn4)CC3)cc2ncn1CC1CC1. The molecule has 0 unspecified atom stereocenters. The number of nitrogens with zero attached hydrogens (tertiary/aromatic N) is 6. The Bertz CT molecular complexity index is 1010. The summed E-state index contributed by atoms with van der Waals surface area (Å²) in [5.41, 5.74) is 1.96. The highest BCUT2D eigenvalue weighted by molar-refractivity contribution is 5.81. The van der Waals surface area contributed by atoms with Crippen LogP contribution in [0.15, 0.2) is 47.8 Å². The van der Waals surface area contributed by atoms with Crippen molar-refractivity contribution in [2.75, 3.05) is 36.0 Å². The number of hydrogen-bond donors (Lipinski definition) is 0. The van der Waals surface area contributed by atoms with E-state index >= 15 is 0 Å². The highest BCUT2D eigenvalue weighted by Gasteiger charge is 2.23. The van der Waals surface area contributed by atoms with Gasteiger partial charge >= 0.3 is 0 Å². The van der Waals surface area contributed by atoms with Gasteiger partial charge in [-0.1, -0.05) is 0 Å². The first-order valence-corrected chi connectivity index (χ1v) is 9.54. The average Bonchev–Trinajstić information content (AvgIpc) is 3.55. The number of aromatic nitrogens is 4. The summed E-state index contributed by atoms with van der Waals surface area (Å²) in [4.78, 5) is 30.4. The Kier molecular flexibility index (Phi) is 3.99. The van der Waals surface area contributed by atoms with Gasteiger partial charge in [0.05, 0.1) is 17.2 Å². The predicted octanol–water partition coefficient (Wildman–Crippen LogP) is 1.92. The Morgan fingerprint density at radius 2 is 1.70 bits per heavy atom. The molecule has 7 heteroatoms. The van der Waals surface area contributed by atoms with Crippen LogP contribution >= 0.6 is 0 Å². The molecule has 1 saturated heterocycles. The van der Waals surface area contributed by atoms with E-state index < -0.39 is 0 Å². The van der Waals surface area contributed by atoms with Crippen molar-refractivity contribution in [2.45, 2.75) is 19.4 Å². The van der Waals surface area contributed by atoms with Crippen LogP contribution in [0.3, 0.4) is 0 Å². The van der Waals surface area contributed by atoms with E-state index in [1.165, 1.54) is 12.8 Å². The van der Waals surface area contributed by atoms with E-state index in [9.17, 15) is 4.79 Å². The van der Waals surface area contributed by atoms with Crippen molar-refractivity contribution in [3.63, 3.8) is 0 Å². The summed E-state index contributed by atoms with van der Waals surface area (Å²) in [6.45, 7) is 4.33. The summed E-state index contributed by atoms with van der Waals surface area (Å²) in [6.07, 6.45) is 7.71. The van der Waals surface area contributed by atoms with E-state index in [4.69, 9.17) is 0 Å². The number of fused-ring (bicyclic) bond motifs is 1. The van der Waals surface area contributed by atoms with E-state index in [1.54, 1.807) is 23.3 Å². The summed E-state index contributed by atoms with van der Waals surface area (Å²) < 4.78 is 1.76. The van der Waals surface area contributed by atoms with Crippen LogP contribution in [0.1, 0.15) is 12.8 Å². The molecule has 0 spiro atoms. The van der Waals surface area contributed by atoms with Gasteiger partial charge in [0, 0.05) is 50.8 Å². The number of anilines is 2. The van der Waals surface area contributed by atoms with Crippen molar-refractivity contribution in [1.29, 1.82) is 0 Å². The van der Waals surface area contributed by atoms with E-state index in [0.717, 1.165) is 49.9 Å². The van der Waals surface area contributed by atoms with Crippen LogP contribution in [-0.2, 0) is 6.54 Å². The van der Waals surface area contributed by atoms with E-state index in [1.807, 2.05) is 24.3 Å². The lowest BCUT2D eigenvalue weighted by Crippen LogP contribution is -2.47. The second-order valence-electron chi connectivity index (χ2n) is 7.37. The molecule has 1 aliphatic carbocycles. The molecule has 0 bridgehead atoms. The zero-order valence-corrected chi connectivity index (χ0v) is 15.2. The molecule has 0 radical (unpaired) electrons. The van der Waals surface area contributed by atoms with Crippen LogP contribution in [0.4, 0.5) is 11.6 Å². The molecule has 0 amide bonds. The van der Waals surface area contributed by atoms with E-state index in [-0.39, 0.29) is 5.56 Å². The molecule has 2 aliphatic rings. The van der Waals surface area contributed by atoms with Crippen molar-refractivity contribution < 1.29 is 0 Å². The molecule has 1 aromatic carbocycles. The first-order chi connectivity index (χ1) is 13.3. The molecule has 7 nitrogen and oxygen atoms in total. The normalized spacial score (nSPS) is 17.5. The Hall–Kier alpha value is -2.96. The number of piperazine rings is 1. The lowest BCUT2D eigenvalue weighted by Gasteiger charge is -2.36. The molecule has 0 atom stereocenters. The fraction of sp³-hybridized carbons (Fsp3) is 0.400. The standard InChI is InChI=1S/C20H22N6O/c27-19-17-5-4-16(12-18(17)23-14-26(19)13-15-2-3-15)24-8-10-25(11-9-24)20-21-6-1-7-22-20/h1,4-7,12,14-15H,2-3,8-11,13H2. The molecule has 1 saturated carbocycles. The molecule has 2 aromatic heterocycles. The molecule has 3 heterocycles. The van der Waals surface area contributed by atoms with Gasteiger partial charge in [0.25, 0.3) is 5.56 Å². The maximum atomic E-state index is 12.7. The second kappa shape index (κ2) is 6.64. The Balaban J connectivity index is 1.34. The van der Waals surface area contributed by atoms with Crippen LogP contribution in [0.5, 0.6) is 0 Å². The fourth-order valence-corrected chi connectivity index (χ4v) is 3.67. The summed E-state index contributed by atoms with van der Waals surface area (Å²) in [7, 11) is 0. The fourth-order valence-electron chi connectivity index (χ4n) is 3.67. The highest BCUT2D eigenvalue weighted by Crippen LogP contribution is 2.30. The van der Waals surface area contributed by atoms with Crippen LogP contribution in [0, 0.1) is 5.92 Å². The third-order valence-electron chi connectivity index (χ3n) is 5.44. The first-order valence-electron chi connectivity index (χ1n) is 9.54. The van der Waals surface area contributed by atoms with Gasteiger partial charge < -0.3 is 9.80 Å². The van der Waals surface area contributed by atoms with Gasteiger partial charge in [-0.05, 0) is 43.0 Å². The van der Waals surface area contributed by atoms with E-state index in [0.29, 0.717) is 11.3 Å². The first kappa shape index (κ1) is 16.2. The largest absolute Gasteiger partial charge is 0.368 e. The molecule has 138 valence electrons. The smallest absolute Gasteiger partial charge is 0.261 e. The average molecular weight is 362 g/mol. The molecular formula is C20H22N6O. The monoisotopic (exact) mass is 362 g/mol. The zero-order valence-electron chi connectivity index (χ0n) is 15.2. The molecule has 2 fully saturated rings. The molecule has 27 heavy (non-hydrogen) atoms. The second-order valence-corrected chi connectivity index (χ2v) is 7.37. The number of benzene rings is 1. The zero-order chi connectivity index (χ0) is 18.2. The predicted molar refractivity (Wildman–Crippen MR) is 105 cm³/mol. The van der Waals surface area contributed by atoms with Gasteiger partial charge in [-0.25, -0.2) is 15.0 Å². The van der Waals surface area contributed by atoms with Crippen molar-refractivity contribution >= 4 is 22.5 Å². The minimum Gasteiger partial charge on any atom is -0.368 e. The minimum atomic E-state index is 0.0736. The van der Waals surface area contributed by atoms with Crippen LogP contribution in [0.2, 0.25) is 0 Å². The molecule has 3 aromatic rings. The third kappa shape index (κ3) is 3.25. The van der Waals surface area contributed by atoms with Gasteiger partial charge in [0.1, 0.15) is 0 Å². The lowest BCUT2D eigenvalue weighted by atomic mass is 10.2. The van der Waals surface area contributed by atoms with Crippen molar-refractivity contribution in [3.05, 3.63) is 53.3 Å². The van der Waals surface area contributed by atoms with Crippen molar-refractivity contribution in [3.8, 4) is 0 Å². The van der Waals surface area contributed by atoms with Gasteiger partial charge in [0.2, 0.25) is 5.95 Å². The summed E-state index contributed by atoms with van der Waals surface area (Å²) in [5.74, 6) is 1.44. The summed E-state index contributed by atoms with van der Waals surface area (Å²) in [5, 5.41) is 0.707. The summed E-state index contributed by atoms with van der Waals surface area (Å²) >= 11 is 0. The Morgan fingerprint density at radius 3 is 2.44 bits per heavy atom. The Labute approximate surface area is 157 Å². The molecule has 1 aliphatic heterocycles. The molecular weight excluding hydrogens is 340 g/mol. The molecule has 0 N–H and O–H groups in total. The summed E-state index contributed by atoms with van der Waals surface area (Å²) in [6, 6.07) is 7.84. The van der Waals surface area contributed by atoms with Crippen LogP contribution < -0.4 is 15.4 Å². The van der Waals surface area contributed by atoms with Gasteiger partial charge in [-0.3, -0.25) is 9.36 Å². The number of rotatable bonds is 4. The quantitative estimate of drug-likeness (QED) is 0.706. The van der Waals surface area contributed by atoms with Crippen LogP contribution in [-0.4, -0.2) is 45.7 Å². The van der Waals surface area contributed by atoms with Crippen LogP contribution in [0.25, 0.3) is 10.9 Å². The van der Waals surface area contributed by atoms with Crippen molar-refractivity contribution in [2.24, 2.45) is 5.92 Å². The topological polar surface area (TPSA) is 67.2 Å². The van der Waals surface area contributed by atoms with Gasteiger partial charge in [-0.15, -0.1) is 0 Å². The minimum absolute atomic E-state index is 0.0736. The Morgan fingerprint density at radius 1 is 0.963 bits per heavy atom. The van der Waals surface area contributed by atoms with Gasteiger partial charge in [-0.2, -0.15) is 0 Å². The maximum Gasteiger partial charge on any atom is 0.261 e. The third-order valence-corrected chi connectivity index (χ3v) is 5.44. The van der Waals surface area contributed by atoms with E-state index in [2.05, 4.69) is 24.8 Å². The van der Waals surface area contributed by atoms with Crippen molar-refractivity contribution in [1.82, 2.24) is 19.5 Å². The molecule has 5 rings (SSSR count). The number of hydrogen-bond acceptors (Lipinski definition) is 6. The maximum absolute atomic E-state index is 12.7. The lowest BCUT2D eigenvalue weighted by molar-refractivity contribution is 0.602. The van der Waals surface area contributed by atoms with Gasteiger partial charge in [0.15, 0.2) is 0 Å². The highest BCUT2D eigenvalue weighted by atomic mass is 16.1.